The van der Waals surface area contributed by atoms with Gasteiger partial charge in [0.2, 0.25) is 0 Å². The maximum Gasteiger partial charge on any atom is 0.410 e. The lowest BCUT2D eigenvalue weighted by atomic mass is 9.68. The predicted molar refractivity (Wildman–Crippen MR) is 87.2 cm³/mol. The van der Waals surface area contributed by atoms with Gasteiger partial charge in [-0.15, -0.1) is 0 Å². The lowest BCUT2D eigenvalue weighted by Crippen LogP contribution is -2.46. The van der Waals surface area contributed by atoms with Crippen LogP contribution in [0.25, 0.3) is 0 Å². The quantitative estimate of drug-likeness (QED) is 0.862. The zero-order chi connectivity index (χ0) is 16.5. The van der Waals surface area contributed by atoms with Gasteiger partial charge >= 0.3 is 6.09 Å². The average molecular weight is 298 g/mol. The number of amides is 1. The Balaban J connectivity index is 2.54. The molecule has 1 aliphatic heterocycles. The molecule has 1 rings (SSSR count). The van der Waals surface area contributed by atoms with E-state index >= 15 is 0 Å². The van der Waals surface area contributed by atoms with Crippen LogP contribution in [0, 0.1) is 11.3 Å². The summed E-state index contributed by atoms with van der Waals surface area (Å²) in [5.41, 5.74) is 5.83. The van der Waals surface area contributed by atoms with Crippen molar-refractivity contribution in [2.45, 2.75) is 78.9 Å². The first-order valence-corrected chi connectivity index (χ1v) is 8.07. The molecule has 0 aromatic rings. The molecule has 0 saturated carbocycles. The third kappa shape index (κ3) is 6.25. The summed E-state index contributed by atoms with van der Waals surface area (Å²) in [5, 5.41) is 0. The van der Waals surface area contributed by atoms with Crippen LogP contribution < -0.4 is 5.73 Å². The van der Waals surface area contributed by atoms with Crippen molar-refractivity contribution in [3.63, 3.8) is 0 Å². The van der Waals surface area contributed by atoms with Crippen LogP contribution in [0.15, 0.2) is 0 Å². The van der Waals surface area contributed by atoms with Gasteiger partial charge in [0, 0.05) is 18.6 Å². The molecule has 1 fully saturated rings. The van der Waals surface area contributed by atoms with Gasteiger partial charge in [0.05, 0.1) is 0 Å². The van der Waals surface area contributed by atoms with Crippen molar-refractivity contribution >= 4 is 6.09 Å². The summed E-state index contributed by atoms with van der Waals surface area (Å²) < 4.78 is 5.45. The summed E-state index contributed by atoms with van der Waals surface area (Å²) in [6.45, 7) is 16.1. The first-order chi connectivity index (χ1) is 9.30. The van der Waals surface area contributed by atoms with E-state index in [1.54, 1.807) is 0 Å². The molecule has 0 atom stereocenters. The maximum absolute atomic E-state index is 12.1. The Kier molecular flexibility index (Phi) is 5.36. The number of piperidine rings is 1. The fourth-order valence-electron chi connectivity index (χ4n) is 3.49. The molecule has 0 bridgehead atoms. The van der Waals surface area contributed by atoms with E-state index in [1.165, 1.54) is 0 Å². The molecule has 2 N–H and O–H groups in total. The Bertz CT molecular complexity index is 356. The fourth-order valence-corrected chi connectivity index (χ4v) is 3.49. The van der Waals surface area contributed by atoms with Crippen LogP contribution >= 0.6 is 0 Å². The first kappa shape index (κ1) is 18.3. The van der Waals surface area contributed by atoms with Gasteiger partial charge in [-0.3, -0.25) is 0 Å². The average Bonchev–Trinajstić information content (AvgIpc) is 2.23. The largest absolute Gasteiger partial charge is 0.444 e. The zero-order valence-electron chi connectivity index (χ0n) is 15.0. The summed E-state index contributed by atoms with van der Waals surface area (Å²) in [4.78, 5) is 13.9. The molecular weight excluding hydrogens is 264 g/mol. The van der Waals surface area contributed by atoms with Gasteiger partial charge in [-0.05, 0) is 65.2 Å². The lowest BCUT2D eigenvalue weighted by Gasteiger charge is -2.43. The van der Waals surface area contributed by atoms with Gasteiger partial charge in [-0.25, -0.2) is 4.79 Å². The molecule has 0 aromatic heterocycles. The summed E-state index contributed by atoms with van der Waals surface area (Å²) >= 11 is 0. The van der Waals surface area contributed by atoms with Gasteiger partial charge < -0.3 is 15.4 Å². The van der Waals surface area contributed by atoms with Gasteiger partial charge in [-0.1, -0.05) is 13.8 Å². The van der Waals surface area contributed by atoms with Crippen molar-refractivity contribution in [1.82, 2.24) is 4.90 Å². The lowest BCUT2D eigenvalue weighted by molar-refractivity contribution is 0.00943. The molecule has 1 amide bonds. The van der Waals surface area contributed by atoms with Crippen LogP contribution in [0.1, 0.15) is 67.7 Å². The van der Waals surface area contributed by atoms with Crippen molar-refractivity contribution in [2.75, 3.05) is 13.1 Å². The highest BCUT2D eigenvalue weighted by molar-refractivity contribution is 5.68. The minimum absolute atomic E-state index is 0.147. The summed E-state index contributed by atoms with van der Waals surface area (Å²) in [6.07, 6.45) is 2.87. The normalized spacial score (nSPS) is 18.8. The monoisotopic (exact) mass is 298 g/mol. The van der Waals surface area contributed by atoms with E-state index in [-0.39, 0.29) is 17.0 Å². The highest BCUT2D eigenvalue weighted by Gasteiger charge is 2.37. The number of ether oxygens (including phenoxy) is 1. The minimum Gasteiger partial charge on any atom is -0.444 e. The van der Waals surface area contributed by atoms with E-state index in [9.17, 15) is 4.79 Å². The molecule has 1 aliphatic rings. The minimum atomic E-state index is -0.420. The Morgan fingerprint density at radius 1 is 1.10 bits per heavy atom. The Morgan fingerprint density at radius 2 is 1.57 bits per heavy atom. The molecule has 21 heavy (non-hydrogen) atoms. The number of carbonyl (C=O) groups is 1. The van der Waals surface area contributed by atoms with Crippen molar-refractivity contribution in [3.8, 4) is 0 Å². The number of likely N-dealkylation sites (tertiary alicyclic amines) is 1. The molecule has 0 aliphatic carbocycles. The summed E-state index contributed by atoms with van der Waals surface area (Å²) in [5.74, 6) is 0.610. The molecule has 0 radical (unpaired) electrons. The number of carbonyl (C=O) groups excluding carboxylic acids is 1. The van der Waals surface area contributed by atoms with Crippen molar-refractivity contribution in [2.24, 2.45) is 17.1 Å². The Morgan fingerprint density at radius 3 is 1.95 bits per heavy atom. The number of nitrogens with zero attached hydrogens (tertiary/aromatic N) is 1. The van der Waals surface area contributed by atoms with Gasteiger partial charge in [0.1, 0.15) is 5.60 Å². The topological polar surface area (TPSA) is 55.6 Å². The van der Waals surface area contributed by atoms with Crippen LogP contribution in [0.4, 0.5) is 4.79 Å². The first-order valence-electron chi connectivity index (χ1n) is 8.07. The molecule has 1 saturated heterocycles. The second kappa shape index (κ2) is 6.15. The molecule has 0 spiro atoms. The number of hydrogen-bond acceptors (Lipinski definition) is 3. The molecule has 0 unspecified atom stereocenters. The molecule has 4 heteroatoms. The van der Waals surface area contributed by atoms with Crippen LogP contribution in [0.5, 0.6) is 0 Å². The predicted octanol–water partition coefficient (Wildman–Crippen LogP) is 3.79. The van der Waals surface area contributed by atoms with Crippen LogP contribution in [-0.4, -0.2) is 35.2 Å². The van der Waals surface area contributed by atoms with Crippen LogP contribution in [0.3, 0.4) is 0 Å². The van der Waals surface area contributed by atoms with Gasteiger partial charge in [0.15, 0.2) is 0 Å². The Hall–Kier alpha value is -0.770. The summed E-state index contributed by atoms with van der Waals surface area (Å²) in [6, 6.07) is 0. The van der Waals surface area contributed by atoms with E-state index in [0.717, 1.165) is 32.4 Å². The molecule has 1 heterocycles. The third-order valence-electron chi connectivity index (χ3n) is 4.16. The smallest absolute Gasteiger partial charge is 0.410 e. The highest BCUT2D eigenvalue weighted by Crippen LogP contribution is 2.40. The van der Waals surface area contributed by atoms with Crippen molar-refractivity contribution in [1.29, 1.82) is 0 Å². The molecule has 0 aromatic carbocycles. The number of hydrogen-bond donors (Lipinski definition) is 1. The molecular formula is C17H34N2O2. The molecule has 124 valence electrons. The second-order valence-electron chi connectivity index (χ2n) is 8.90. The zero-order valence-corrected chi connectivity index (χ0v) is 15.0. The van der Waals surface area contributed by atoms with E-state index in [0.29, 0.717) is 5.92 Å². The number of nitrogens with two attached hydrogens (primary N) is 1. The van der Waals surface area contributed by atoms with E-state index in [1.807, 2.05) is 25.7 Å². The van der Waals surface area contributed by atoms with Crippen molar-refractivity contribution in [3.05, 3.63) is 0 Å². The standard InChI is InChI=1S/C17H34N2O2/c1-15(2,3)21-14(20)19-10-8-13(9-11-19)16(4,5)12-17(6,7)18/h13H,8-12,18H2,1-7H3. The van der Waals surface area contributed by atoms with Gasteiger partial charge in [0.25, 0.3) is 0 Å². The molecule has 4 nitrogen and oxygen atoms in total. The number of rotatable bonds is 3. The van der Waals surface area contributed by atoms with Crippen molar-refractivity contribution < 1.29 is 9.53 Å². The van der Waals surface area contributed by atoms with E-state index in [4.69, 9.17) is 10.5 Å². The Labute approximate surface area is 130 Å². The van der Waals surface area contributed by atoms with Gasteiger partial charge in [-0.2, -0.15) is 0 Å². The van der Waals surface area contributed by atoms with Crippen LogP contribution in [-0.2, 0) is 4.74 Å². The van der Waals surface area contributed by atoms with Crippen LogP contribution in [0.2, 0.25) is 0 Å². The fraction of sp³-hybridized carbons (Fsp3) is 0.941. The SMILES string of the molecule is CC(C)(N)CC(C)(C)C1CCN(C(=O)OC(C)(C)C)CC1. The highest BCUT2D eigenvalue weighted by atomic mass is 16.6. The summed E-state index contributed by atoms with van der Waals surface area (Å²) in [7, 11) is 0. The van der Waals surface area contributed by atoms with E-state index in [2.05, 4.69) is 27.7 Å². The van der Waals surface area contributed by atoms with E-state index < -0.39 is 5.60 Å². The second-order valence-corrected chi connectivity index (χ2v) is 8.90. The maximum atomic E-state index is 12.1. The third-order valence-corrected chi connectivity index (χ3v) is 4.16.